The first-order valence-electron chi connectivity index (χ1n) is 4.61. The van der Waals surface area contributed by atoms with Gasteiger partial charge < -0.3 is 0 Å². The fourth-order valence-corrected chi connectivity index (χ4v) is 2.09. The summed E-state index contributed by atoms with van der Waals surface area (Å²) in [4.78, 5) is 1.02. The Morgan fingerprint density at radius 1 is 1.47 bits per heavy atom. The Morgan fingerprint density at radius 2 is 2.33 bits per heavy atom. The van der Waals surface area contributed by atoms with Gasteiger partial charge in [0.1, 0.15) is 0 Å². The Labute approximate surface area is 92.3 Å². The molecule has 4 nitrogen and oxygen atoms in total. The number of nitrogens with zero attached hydrogens (tertiary/aromatic N) is 2. The molecular weight excluding hydrogens is 208 g/mol. The quantitative estimate of drug-likeness (QED) is 0.606. The van der Waals surface area contributed by atoms with Crippen molar-refractivity contribution in [1.82, 2.24) is 15.0 Å². The van der Waals surface area contributed by atoms with Crippen molar-refractivity contribution < 1.29 is 0 Å². The van der Waals surface area contributed by atoms with Gasteiger partial charge in [0.05, 0.1) is 17.1 Å². The number of hydrogen-bond donors (Lipinski definition) is 2. The van der Waals surface area contributed by atoms with E-state index in [2.05, 4.69) is 34.1 Å². The lowest BCUT2D eigenvalue weighted by atomic mass is 10.0. The minimum atomic E-state index is -0.0232. The molecule has 0 aliphatic carbocycles. The van der Waals surface area contributed by atoms with Gasteiger partial charge in [0.25, 0.3) is 0 Å². The summed E-state index contributed by atoms with van der Waals surface area (Å²) in [5, 5.41) is 3.81. The molecule has 0 spiro atoms. The van der Waals surface area contributed by atoms with E-state index in [0.29, 0.717) is 0 Å². The van der Waals surface area contributed by atoms with Crippen LogP contribution in [0, 0.1) is 6.92 Å². The molecule has 5 heteroatoms. The number of rotatable bonds is 3. The van der Waals surface area contributed by atoms with E-state index in [9.17, 15) is 0 Å². The highest BCUT2D eigenvalue weighted by atomic mass is 32.1. The van der Waals surface area contributed by atoms with Crippen molar-refractivity contribution >= 4 is 11.5 Å². The van der Waals surface area contributed by atoms with Gasteiger partial charge in [-0.3, -0.25) is 5.84 Å². The van der Waals surface area contributed by atoms with Crippen molar-refractivity contribution in [3.63, 3.8) is 0 Å². The molecule has 1 heterocycles. The summed E-state index contributed by atoms with van der Waals surface area (Å²) in [7, 11) is 0. The average molecular weight is 220 g/mol. The molecule has 1 atom stereocenters. The molecule has 0 aliphatic rings. The molecule has 0 saturated carbocycles. The van der Waals surface area contributed by atoms with E-state index in [1.807, 2.05) is 12.1 Å². The summed E-state index contributed by atoms with van der Waals surface area (Å²) in [5.41, 5.74) is 5.12. The number of benzene rings is 1. The first-order valence-corrected chi connectivity index (χ1v) is 5.38. The van der Waals surface area contributed by atoms with Crippen LogP contribution >= 0.6 is 11.5 Å². The Morgan fingerprint density at radius 3 is 2.93 bits per heavy atom. The maximum Gasteiger partial charge on any atom is 0.0834 e. The van der Waals surface area contributed by atoms with Gasteiger partial charge >= 0.3 is 0 Å². The minimum absolute atomic E-state index is 0.0232. The molecule has 78 valence electrons. The summed E-state index contributed by atoms with van der Waals surface area (Å²) in [6, 6.07) is 8.19. The lowest BCUT2D eigenvalue weighted by molar-refractivity contribution is 0.645. The maximum atomic E-state index is 5.55. The van der Waals surface area contributed by atoms with E-state index < -0.39 is 0 Å². The third-order valence-corrected chi connectivity index (χ3v) is 2.93. The summed E-state index contributed by atoms with van der Waals surface area (Å²) in [6.07, 6.45) is 1.73. The van der Waals surface area contributed by atoms with Gasteiger partial charge in [0.2, 0.25) is 0 Å². The first kappa shape index (κ1) is 10.2. The van der Waals surface area contributed by atoms with E-state index in [1.54, 1.807) is 6.20 Å². The van der Waals surface area contributed by atoms with Crippen LogP contribution in [0.3, 0.4) is 0 Å². The van der Waals surface area contributed by atoms with E-state index in [-0.39, 0.29) is 6.04 Å². The van der Waals surface area contributed by atoms with Gasteiger partial charge in [-0.05, 0) is 24.0 Å². The van der Waals surface area contributed by atoms with Crippen LogP contribution in [0.25, 0.3) is 0 Å². The number of hydrogen-bond acceptors (Lipinski definition) is 5. The molecule has 2 rings (SSSR count). The van der Waals surface area contributed by atoms with Gasteiger partial charge in [-0.25, -0.2) is 5.43 Å². The standard InChI is InChI=1S/C10H12N4S/c1-7-3-2-4-8(5-7)10(13-11)9-6-12-14-15-9/h2-6,10,13H,11H2,1H3. The Bertz CT molecular complexity index is 427. The number of hydrazine groups is 1. The highest BCUT2D eigenvalue weighted by Gasteiger charge is 2.14. The summed E-state index contributed by atoms with van der Waals surface area (Å²) >= 11 is 1.35. The molecule has 1 aromatic carbocycles. The normalized spacial score (nSPS) is 12.7. The molecular formula is C10H12N4S. The number of aromatic nitrogens is 2. The van der Waals surface area contributed by atoms with E-state index in [1.165, 1.54) is 17.1 Å². The van der Waals surface area contributed by atoms with Crippen LogP contribution in [-0.2, 0) is 0 Å². The second-order valence-corrected chi connectivity index (χ2v) is 4.15. The Hall–Kier alpha value is -1.30. The molecule has 1 unspecified atom stereocenters. The van der Waals surface area contributed by atoms with Crippen molar-refractivity contribution in [2.45, 2.75) is 13.0 Å². The number of aryl methyl sites for hydroxylation is 1. The van der Waals surface area contributed by atoms with E-state index in [4.69, 9.17) is 5.84 Å². The first-order chi connectivity index (χ1) is 7.31. The Balaban J connectivity index is 2.35. The molecule has 0 fully saturated rings. The summed E-state index contributed by atoms with van der Waals surface area (Å²) < 4.78 is 3.84. The zero-order valence-corrected chi connectivity index (χ0v) is 9.16. The SMILES string of the molecule is Cc1cccc(C(NN)c2cnns2)c1. The van der Waals surface area contributed by atoms with Gasteiger partial charge in [-0.15, -0.1) is 5.10 Å². The van der Waals surface area contributed by atoms with Crippen LogP contribution in [0.2, 0.25) is 0 Å². The zero-order valence-electron chi connectivity index (χ0n) is 8.34. The third-order valence-electron chi connectivity index (χ3n) is 2.20. The van der Waals surface area contributed by atoms with Crippen molar-refractivity contribution in [3.8, 4) is 0 Å². The minimum Gasteiger partial charge on any atom is -0.271 e. The average Bonchev–Trinajstić information content (AvgIpc) is 2.72. The topological polar surface area (TPSA) is 63.8 Å². The predicted octanol–water partition coefficient (Wildman–Crippen LogP) is 1.40. The van der Waals surface area contributed by atoms with Crippen molar-refractivity contribution in [2.75, 3.05) is 0 Å². The lowest BCUT2D eigenvalue weighted by Crippen LogP contribution is -2.28. The van der Waals surface area contributed by atoms with Crippen LogP contribution in [0.15, 0.2) is 30.5 Å². The second kappa shape index (κ2) is 4.48. The van der Waals surface area contributed by atoms with Crippen LogP contribution in [-0.4, -0.2) is 9.59 Å². The smallest absolute Gasteiger partial charge is 0.0834 e. The predicted molar refractivity (Wildman–Crippen MR) is 60.3 cm³/mol. The number of nitrogens with one attached hydrogen (secondary N) is 1. The van der Waals surface area contributed by atoms with Gasteiger partial charge in [0, 0.05) is 0 Å². The highest BCUT2D eigenvalue weighted by molar-refractivity contribution is 7.05. The van der Waals surface area contributed by atoms with Crippen molar-refractivity contribution in [2.24, 2.45) is 5.84 Å². The maximum absolute atomic E-state index is 5.55. The van der Waals surface area contributed by atoms with E-state index >= 15 is 0 Å². The van der Waals surface area contributed by atoms with E-state index in [0.717, 1.165) is 10.4 Å². The third kappa shape index (κ3) is 2.20. The molecule has 15 heavy (non-hydrogen) atoms. The molecule has 0 radical (unpaired) electrons. The molecule has 0 saturated heterocycles. The number of nitrogens with two attached hydrogens (primary N) is 1. The van der Waals surface area contributed by atoms with Crippen LogP contribution in [0.4, 0.5) is 0 Å². The second-order valence-electron chi connectivity index (χ2n) is 3.33. The summed E-state index contributed by atoms with van der Waals surface area (Å²) in [6.45, 7) is 2.06. The van der Waals surface area contributed by atoms with Crippen molar-refractivity contribution in [3.05, 3.63) is 46.5 Å². The molecule has 3 N–H and O–H groups in total. The fraction of sp³-hybridized carbons (Fsp3) is 0.200. The summed E-state index contributed by atoms with van der Waals surface area (Å²) in [5.74, 6) is 5.55. The Kier molecular flexibility index (Phi) is 3.05. The lowest BCUT2D eigenvalue weighted by Gasteiger charge is -2.13. The highest BCUT2D eigenvalue weighted by Crippen LogP contribution is 2.23. The largest absolute Gasteiger partial charge is 0.271 e. The van der Waals surface area contributed by atoms with Crippen molar-refractivity contribution in [1.29, 1.82) is 0 Å². The molecule has 0 aliphatic heterocycles. The van der Waals surface area contributed by atoms with Crippen LogP contribution in [0.1, 0.15) is 22.0 Å². The van der Waals surface area contributed by atoms with Gasteiger partial charge in [0.15, 0.2) is 0 Å². The molecule has 1 aromatic heterocycles. The zero-order chi connectivity index (χ0) is 10.7. The van der Waals surface area contributed by atoms with Crippen LogP contribution in [0.5, 0.6) is 0 Å². The van der Waals surface area contributed by atoms with Gasteiger partial charge in [-0.2, -0.15) is 0 Å². The van der Waals surface area contributed by atoms with Crippen LogP contribution < -0.4 is 11.3 Å². The monoisotopic (exact) mass is 220 g/mol. The molecule has 0 bridgehead atoms. The molecule has 0 amide bonds. The van der Waals surface area contributed by atoms with Gasteiger partial charge in [-0.1, -0.05) is 34.3 Å². The fourth-order valence-electron chi connectivity index (χ4n) is 1.49. The molecule has 2 aromatic rings.